The molecule has 0 saturated heterocycles. The van der Waals surface area contributed by atoms with Crippen molar-refractivity contribution >= 4 is 28.5 Å². The van der Waals surface area contributed by atoms with Crippen LogP contribution in [-0.4, -0.2) is 16.4 Å². The number of halogens is 1. The maximum atomic E-state index is 11.4. The predicted molar refractivity (Wildman–Crippen MR) is 67.7 cm³/mol. The Bertz CT molecular complexity index is 197. The summed E-state index contributed by atoms with van der Waals surface area (Å²) < 4.78 is 1.16. The van der Waals surface area contributed by atoms with Gasteiger partial charge in [0.25, 0.3) is 0 Å². The summed E-state index contributed by atoms with van der Waals surface area (Å²) in [5.41, 5.74) is 0. The Morgan fingerprint density at radius 1 is 1.43 bits per heavy atom. The van der Waals surface area contributed by atoms with Gasteiger partial charge in [0.05, 0.1) is 0 Å². The highest BCUT2D eigenvalue weighted by molar-refractivity contribution is 14.1. The third-order valence-corrected chi connectivity index (χ3v) is 3.24. The van der Waals surface area contributed by atoms with Crippen molar-refractivity contribution in [2.45, 2.75) is 44.6 Å². The van der Waals surface area contributed by atoms with E-state index >= 15 is 0 Å². The van der Waals surface area contributed by atoms with E-state index in [0.717, 1.165) is 30.1 Å². The van der Waals surface area contributed by atoms with Gasteiger partial charge in [-0.2, -0.15) is 0 Å². The van der Waals surface area contributed by atoms with Crippen molar-refractivity contribution in [2.75, 3.05) is 4.43 Å². The third-order valence-electron chi connectivity index (χ3n) is 2.48. The van der Waals surface area contributed by atoms with Crippen molar-refractivity contribution in [2.24, 2.45) is 0 Å². The van der Waals surface area contributed by atoms with Gasteiger partial charge in [-0.1, -0.05) is 41.5 Å². The third kappa shape index (κ3) is 4.98. The van der Waals surface area contributed by atoms with E-state index in [1.165, 1.54) is 12.8 Å². The van der Waals surface area contributed by atoms with E-state index in [4.69, 9.17) is 0 Å². The van der Waals surface area contributed by atoms with Crippen molar-refractivity contribution < 1.29 is 4.79 Å². The summed E-state index contributed by atoms with van der Waals surface area (Å²) >= 11 is 2.35. The Morgan fingerprint density at radius 3 is 2.79 bits per heavy atom. The smallest absolute Gasteiger partial charge is 0.243 e. The molecule has 3 heteroatoms. The van der Waals surface area contributed by atoms with Crippen molar-refractivity contribution in [3.63, 3.8) is 0 Å². The molecule has 0 aromatic heterocycles. The fraction of sp³-hybridized carbons (Fsp3) is 0.727. The molecule has 0 radical (unpaired) electrons. The van der Waals surface area contributed by atoms with Gasteiger partial charge in [0.1, 0.15) is 0 Å². The molecule has 1 fully saturated rings. The first-order valence-electron chi connectivity index (χ1n) is 5.36. The van der Waals surface area contributed by atoms with Gasteiger partial charge in [0.15, 0.2) is 0 Å². The van der Waals surface area contributed by atoms with Crippen LogP contribution in [0.5, 0.6) is 0 Å². The maximum Gasteiger partial charge on any atom is 0.243 e. The minimum Gasteiger partial charge on any atom is -0.350 e. The second kappa shape index (κ2) is 7.26. The van der Waals surface area contributed by atoms with Crippen LogP contribution in [-0.2, 0) is 4.79 Å². The first-order valence-corrected chi connectivity index (χ1v) is 6.88. The highest BCUT2D eigenvalue weighted by Gasteiger charge is 2.15. The molecule has 0 unspecified atom stereocenters. The average molecular weight is 307 g/mol. The molecule has 0 bridgehead atoms. The predicted octanol–water partition coefficient (Wildman–Crippen LogP) is 2.82. The topological polar surface area (TPSA) is 29.1 Å². The van der Waals surface area contributed by atoms with Gasteiger partial charge in [-0.25, -0.2) is 0 Å². The van der Waals surface area contributed by atoms with Crippen molar-refractivity contribution in [1.82, 2.24) is 5.32 Å². The Balaban J connectivity index is 2.11. The SMILES string of the molecule is O=C(C=CCCCI)NC1CCCC1. The number of allylic oxidation sites excluding steroid dienone is 1. The van der Waals surface area contributed by atoms with Crippen LogP contribution in [0.25, 0.3) is 0 Å². The van der Waals surface area contributed by atoms with E-state index in [2.05, 4.69) is 27.9 Å². The lowest BCUT2D eigenvalue weighted by Gasteiger charge is -2.08. The van der Waals surface area contributed by atoms with E-state index in [9.17, 15) is 4.79 Å². The van der Waals surface area contributed by atoms with E-state index in [-0.39, 0.29) is 5.91 Å². The van der Waals surface area contributed by atoms with E-state index in [0.29, 0.717) is 6.04 Å². The zero-order chi connectivity index (χ0) is 10.2. The van der Waals surface area contributed by atoms with Crippen molar-refractivity contribution in [3.05, 3.63) is 12.2 Å². The quantitative estimate of drug-likeness (QED) is 0.360. The van der Waals surface area contributed by atoms with Crippen LogP contribution in [0.15, 0.2) is 12.2 Å². The van der Waals surface area contributed by atoms with Crippen LogP contribution in [0, 0.1) is 0 Å². The number of carbonyl (C=O) groups is 1. The van der Waals surface area contributed by atoms with Crippen LogP contribution >= 0.6 is 22.6 Å². The summed E-state index contributed by atoms with van der Waals surface area (Å²) in [4.78, 5) is 11.4. The fourth-order valence-electron chi connectivity index (χ4n) is 1.70. The molecule has 80 valence electrons. The van der Waals surface area contributed by atoms with Gasteiger partial charge < -0.3 is 5.32 Å². The van der Waals surface area contributed by atoms with Gasteiger partial charge in [-0.15, -0.1) is 0 Å². The van der Waals surface area contributed by atoms with Crippen LogP contribution < -0.4 is 5.32 Å². The molecular weight excluding hydrogens is 289 g/mol. The molecule has 0 heterocycles. The lowest BCUT2D eigenvalue weighted by atomic mass is 10.2. The maximum absolute atomic E-state index is 11.4. The van der Waals surface area contributed by atoms with E-state index < -0.39 is 0 Å². The first-order chi connectivity index (χ1) is 6.83. The summed E-state index contributed by atoms with van der Waals surface area (Å²) in [6.07, 6.45) is 10.7. The zero-order valence-electron chi connectivity index (χ0n) is 8.47. The van der Waals surface area contributed by atoms with Gasteiger partial charge in [0.2, 0.25) is 5.91 Å². The number of amides is 1. The average Bonchev–Trinajstić information content (AvgIpc) is 2.65. The lowest BCUT2D eigenvalue weighted by molar-refractivity contribution is -0.117. The van der Waals surface area contributed by atoms with Crippen LogP contribution in [0.1, 0.15) is 38.5 Å². The van der Waals surface area contributed by atoms with Crippen LogP contribution in [0.3, 0.4) is 0 Å². The monoisotopic (exact) mass is 307 g/mol. The lowest BCUT2D eigenvalue weighted by Crippen LogP contribution is -2.30. The largest absolute Gasteiger partial charge is 0.350 e. The second-order valence-electron chi connectivity index (χ2n) is 3.72. The summed E-state index contributed by atoms with van der Waals surface area (Å²) in [6.45, 7) is 0. The van der Waals surface area contributed by atoms with Gasteiger partial charge in [-0.3, -0.25) is 4.79 Å². The number of alkyl halides is 1. The highest BCUT2D eigenvalue weighted by Crippen LogP contribution is 2.17. The molecule has 2 nitrogen and oxygen atoms in total. The molecule has 1 saturated carbocycles. The van der Waals surface area contributed by atoms with Crippen LogP contribution in [0.4, 0.5) is 0 Å². The zero-order valence-corrected chi connectivity index (χ0v) is 10.6. The van der Waals surface area contributed by atoms with Crippen LogP contribution in [0.2, 0.25) is 0 Å². The minimum atomic E-state index is 0.0883. The molecule has 0 spiro atoms. The van der Waals surface area contributed by atoms with E-state index in [1.54, 1.807) is 6.08 Å². The summed E-state index contributed by atoms with van der Waals surface area (Å²) in [5, 5.41) is 3.03. The number of hydrogen-bond donors (Lipinski definition) is 1. The number of hydrogen-bond acceptors (Lipinski definition) is 1. The molecule has 1 rings (SSSR count). The molecule has 1 aliphatic carbocycles. The second-order valence-corrected chi connectivity index (χ2v) is 4.80. The Kier molecular flexibility index (Phi) is 6.23. The number of carbonyl (C=O) groups excluding carboxylic acids is 1. The number of unbranched alkanes of at least 4 members (excludes halogenated alkanes) is 1. The van der Waals surface area contributed by atoms with Gasteiger partial charge >= 0.3 is 0 Å². The first kappa shape index (κ1) is 12.0. The van der Waals surface area contributed by atoms with Crippen molar-refractivity contribution in [1.29, 1.82) is 0 Å². The van der Waals surface area contributed by atoms with Crippen molar-refractivity contribution in [3.8, 4) is 0 Å². The molecular formula is C11H18INO. The Labute approximate surface area is 99.7 Å². The Morgan fingerprint density at radius 2 is 2.14 bits per heavy atom. The standard InChI is InChI=1S/C11H18INO/c12-9-5-1-2-8-11(14)13-10-6-3-4-7-10/h2,8,10H,1,3-7,9H2,(H,13,14). The normalized spacial score (nSPS) is 17.8. The van der Waals surface area contributed by atoms with E-state index in [1.807, 2.05) is 6.08 Å². The fourth-order valence-corrected chi connectivity index (χ4v) is 2.15. The number of nitrogens with one attached hydrogen (secondary N) is 1. The molecule has 0 aliphatic heterocycles. The minimum absolute atomic E-state index is 0.0883. The summed E-state index contributed by atoms with van der Waals surface area (Å²) in [5.74, 6) is 0.0883. The molecule has 0 aromatic carbocycles. The van der Waals surface area contributed by atoms with Gasteiger partial charge in [-0.05, 0) is 36.2 Å². The molecule has 1 aliphatic rings. The van der Waals surface area contributed by atoms with Gasteiger partial charge in [0, 0.05) is 6.04 Å². The summed E-state index contributed by atoms with van der Waals surface area (Å²) in [7, 11) is 0. The Hall–Kier alpha value is -0.0600. The molecule has 1 N–H and O–H groups in total. The molecule has 0 aromatic rings. The summed E-state index contributed by atoms with van der Waals surface area (Å²) in [6, 6.07) is 0.441. The number of rotatable bonds is 5. The highest BCUT2D eigenvalue weighted by atomic mass is 127. The molecule has 14 heavy (non-hydrogen) atoms. The molecule has 0 atom stereocenters. The molecule has 1 amide bonds.